The summed E-state index contributed by atoms with van der Waals surface area (Å²) in [5.41, 5.74) is 1.00. The lowest BCUT2D eigenvalue weighted by atomic mass is 10.2. The van der Waals surface area contributed by atoms with Crippen LogP contribution in [0.3, 0.4) is 0 Å². The molecule has 0 aliphatic rings. The van der Waals surface area contributed by atoms with Gasteiger partial charge in [0.1, 0.15) is 12.4 Å². The van der Waals surface area contributed by atoms with Crippen LogP contribution in [0.5, 0.6) is 5.75 Å². The Kier molecular flexibility index (Phi) is 3.72. The highest BCUT2D eigenvalue weighted by molar-refractivity contribution is 7.82. The van der Waals surface area contributed by atoms with Crippen LogP contribution < -0.4 is 4.18 Å². The van der Waals surface area contributed by atoms with Crippen molar-refractivity contribution in [2.24, 2.45) is 0 Å². The van der Waals surface area contributed by atoms with Gasteiger partial charge in [-0.1, -0.05) is 23.6 Å². The minimum absolute atomic E-state index is 0.192. The molecule has 0 saturated heterocycles. The molecule has 0 spiro atoms. The van der Waals surface area contributed by atoms with Gasteiger partial charge in [-0.25, -0.2) is 4.18 Å². The van der Waals surface area contributed by atoms with Crippen LogP contribution in [0.25, 0.3) is 0 Å². The van der Waals surface area contributed by atoms with Crippen molar-refractivity contribution in [2.45, 2.75) is 6.92 Å². The molecule has 0 bridgehead atoms. The summed E-state index contributed by atoms with van der Waals surface area (Å²) in [6.07, 6.45) is 4.85. The van der Waals surface area contributed by atoms with E-state index in [1.807, 2.05) is 12.8 Å². The molecular weight excluding hydrogens is 216 g/mol. The van der Waals surface area contributed by atoms with E-state index in [4.69, 9.17) is 6.42 Å². The van der Waals surface area contributed by atoms with Gasteiger partial charge in [-0.15, -0.1) is 6.42 Å². The first-order valence-electron chi connectivity index (χ1n) is 4.12. The SMILES string of the molecule is C#CCOS(=O)(=O)Oc1ccc(C)cc1. The summed E-state index contributed by atoms with van der Waals surface area (Å²) in [6, 6.07) is 6.52. The second-order valence-electron chi connectivity index (χ2n) is 2.77. The molecule has 1 aromatic rings. The number of terminal acetylenes is 1. The van der Waals surface area contributed by atoms with Crippen molar-refractivity contribution in [3.8, 4) is 18.1 Å². The first-order valence-corrected chi connectivity index (χ1v) is 5.46. The van der Waals surface area contributed by atoms with Crippen molar-refractivity contribution in [3.05, 3.63) is 29.8 Å². The quantitative estimate of drug-likeness (QED) is 0.725. The molecule has 0 atom stereocenters. The summed E-state index contributed by atoms with van der Waals surface area (Å²) in [6.45, 7) is 1.54. The Labute approximate surface area is 89.2 Å². The van der Waals surface area contributed by atoms with E-state index in [1.165, 1.54) is 12.1 Å². The molecule has 0 aliphatic heterocycles. The predicted molar refractivity (Wildman–Crippen MR) is 55.5 cm³/mol. The van der Waals surface area contributed by atoms with E-state index in [1.54, 1.807) is 12.1 Å². The molecule has 0 N–H and O–H groups in total. The van der Waals surface area contributed by atoms with Crippen LogP contribution in [-0.2, 0) is 14.6 Å². The largest absolute Gasteiger partial charge is 0.449 e. The summed E-state index contributed by atoms with van der Waals surface area (Å²) in [4.78, 5) is 0. The first kappa shape index (κ1) is 11.6. The van der Waals surface area contributed by atoms with Crippen molar-refractivity contribution in [3.63, 3.8) is 0 Å². The van der Waals surface area contributed by atoms with Gasteiger partial charge in [-0.2, -0.15) is 8.42 Å². The number of hydrogen-bond donors (Lipinski definition) is 0. The van der Waals surface area contributed by atoms with Gasteiger partial charge >= 0.3 is 10.4 Å². The van der Waals surface area contributed by atoms with Crippen molar-refractivity contribution in [2.75, 3.05) is 6.61 Å². The fourth-order valence-corrected chi connectivity index (χ4v) is 1.45. The maximum Gasteiger partial charge on any atom is 0.449 e. The van der Waals surface area contributed by atoms with Gasteiger partial charge in [0.05, 0.1) is 0 Å². The number of hydrogen-bond acceptors (Lipinski definition) is 4. The Balaban J connectivity index is 2.70. The zero-order chi connectivity index (χ0) is 11.3. The second-order valence-corrected chi connectivity index (χ2v) is 3.99. The topological polar surface area (TPSA) is 52.6 Å². The summed E-state index contributed by atoms with van der Waals surface area (Å²) in [5, 5.41) is 0. The summed E-state index contributed by atoms with van der Waals surface area (Å²) < 4.78 is 31.1. The second kappa shape index (κ2) is 4.82. The first-order chi connectivity index (χ1) is 7.03. The average molecular weight is 226 g/mol. The van der Waals surface area contributed by atoms with Crippen LogP contribution in [0.15, 0.2) is 24.3 Å². The number of benzene rings is 1. The van der Waals surface area contributed by atoms with Crippen molar-refractivity contribution < 1.29 is 16.8 Å². The van der Waals surface area contributed by atoms with E-state index in [0.29, 0.717) is 0 Å². The predicted octanol–water partition coefficient (Wildman–Crippen LogP) is 1.27. The van der Waals surface area contributed by atoms with Crippen LogP contribution in [0.4, 0.5) is 0 Å². The summed E-state index contributed by atoms with van der Waals surface area (Å²) in [5.74, 6) is 2.23. The van der Waals surface area contributed by atoms with Crippen molar-refractivity contribution in [1.82, 2.24) is 0 Å². The van der Waals surface area contributed by atoms with E-state index in [0.717, 1.165) is 5.56 Å². The highest BCUT2D eigenvalue weighted by Crippen LogP contribution is 2.14. The van der Waals surface area contributed by atoms with Crippen LogP contribution in [0.1, 0.15) is 5.56 Å². The van der Waals surface area contributed by atoms with Gasteiger partial charge < -0.3 is 4.18 Å². The third kappa shape index (κ3) is 4.02. The lowest BCUT2D eigenvalue weighted by Gasteiger charge is -2.04. The summed E-state index contributed by atoms with van der Waals surface area (Å²) >= 11 is 0. The zero-order valence-electron chi connectivity index (χ0n) is 8.14. The summed E-state index contributed by atoms with van der Waals surface area (Å²) in [7, 11) is -4.05. The average Bonchev–Trinajstić information content (AvgIpc) is 2.18. The zero-order valence-corrected chi connectivity index (χ0v) is 8.95. The van der Waals surface area contributed by atoms with Crippen LogP contribution >= 0.6 is 0 Å². The fraction of sp³-hybridized carbons (Fsp3) is 0.200. The number of rotatable bonds is 4. The molecule has 0 radical (unpaired) electrons. The molecular formula is C10H10O4S. The molecule has 0 unspecified atom stereocenters. The third-order valence-electron chi connectivity index (χ3n) is 1.51. The smallest absolute Gasteiger partial charge is 0.362 e. The number of aryl methyl sites for hydroxylation is 1. The highest BCUT2D eigenvalue weighted by atomic mass is 32.3. The van der Waals surface area contributed by atoms with Crippen LogP contribution in [0.2, 0.25) is 0 Å². The molecule has 0 saturated carbocycles. The van der Waals surface area contributed by atoms with Gasteiger partial charge in [-0.3, -0.25) is 0 Å². The lowest BCUT2D eigenvalue weighted by molar-refractivity contribution is 0.306. The van der Waals surface area contributed by atoms with Gasteiger partial charge in [0.2, 0.25) is 0 Å². The van der Waals surface area contributed by atoms with E-state index < -0.39 is 10.4 Å². The molecule has 1 aromatic carbocycles. The maximum absolute atomic E-state index is 11.1. The molecule has 15 heavy (non-hydrogen) atoms. The van der Waals surface area contributed by atoms with Crippen LogP contribution in [-0.4, -0.2) is 15.0 Å². The van der Waals surface area contributed by atoms with Crippen molar-refractivity contribution in [1.29, 1.82) is 0 Å². The van der Waals surface area contributed by atoms with Crippen molar-refractivity contribution >= 4 is 10.4 Å². The van der Waals surface area contributed by atoms with Gasteiger partial charge in [0.15, 0.2) is 0 Å². The standard InChI is InChI=1S/C10H10O4S/c1-3-8-13-15(11,12)14-10-6-4-9(2)5-7-10/h1,4-7H,8H2,2H3. The van der Waals surface area contributed by atoms with E-state index in [2.05, 4.69) is 8.37 Å². The molecule has 0 fully saturated rings. The minimum Gasteiger partial charge on any atom is -0.362 e. The fourth-order valence-electron chi connectivity index (χ4n) is 0.842. The Morgan fingerprint density at radius 1 is 1.33 bits per heavy atom. The Bertz CT molecular complexity index is 453. The normalized spacial score (nSPS) is 10.7. The lowest BCUT2D eigenvalue weighted by Crippen LogP contribution is -2.13. The van der Waals surface area contributed by atoms with E-state index >= 15 is 0 Å². The van der Waals surface area contributed by atoms with Crippen LogP contribution in [0, 0.1) is 19.3 Å². The maximum atomic E-state index is 11.1. The Morgan fingerprint density at radius 2 is 1.93 bits per heavy atom. The molecule has 4 nitrogen and oxygen atoms in total. The molecule has 0 aromatic heterocycles. The van der Waals surface area contributed by atoms with E-state index in [-0.39, 0.29) is 12.4 Å². The van der Waals surface area contributed by atoms with E-state index in [9.17, 15) is 8.42 Å². The molecule has 0 heterocycles. The molecule has 0 amide bonds. The van der Waals surface area contributed by atoms with Gasteiger partial charge in [-0.05, 0) is 19.1 Å². The highest BCUT2D eigenvalue weighted by Gasteiger charge is 2.12. The monoisotopic (exact) mass is 226 g/mol. The molecule has 1 rings (SSSR count). The van der Waals surface area contributed by atoms with Gasteiger partial charge in [0, 0.05) is 0 Å². The van der Waals surface area contributed by atoms with Gasteiger partial charge in [0.25, 0.3) is 0 Å². The third-order valence-corrected chi connectivity index (χ3v) is 2.31. The molecule has 80 valence electrons. The molecule has 5 heteroatoms. The minimum atomic E-state index is -4.05. The Morgan fingerprint density at radius 3 is 2.47 bits per heavy atom. The molecule has 0 aliphatic carbocycles. The Hall–Kier alpha value is -1.51.